The van der Waals surface area contributed by atoms with Gasteiger partial charge >= 0.3 is 5.97 Å². The number of methoxy groups -OCH3 is 2. The van der Waals surface area contributed by atoms with Crippen LogP contribution in [0.1, 0.15) is 138 Å². The summed E-state index contributed by atoms with van der Waals surface area (Å²) in [7, 11) is 4.56. The molecule has 2 bridgehead atoms. The molecular formula is C56H88N2O15. The molecule has 17 nitrogen and oxygen atoms in total. The Hall–Kier alpha value is -3.94. The molecule has 0 radical (unpaired) electrons. The molecule has 17 heteroatoms. The van der Waals surface area contributed by atoms with E-state index in [1.807, 2.05) is 44.2 Å². The number of piperidine rings is 1. The molecule has 0 aromatic carbocycles. The number of aliphatic hydroxyl groups excluding tert-OH is 2. The van der Waals surface area contributed by atoms with Gasteiger partial charge in [0.25, 0.3) is 11.7 Å². The fourth-order valence-corrected chi connectivity index (χ4v) is 10.7. The average molecular weight is 1030 g/mol. The van der Waals surface area contributed by atoms with Crippen LogP contribution in [0.5, 0.6) is 0 Å². The molecule has 73 heavy (non-hydrogen) atoms. The third-order valence-corrected chi connectivity index (χ3v) is 15.3. The van der Waals surface area contributed by atoms with Gasteiger partial charge in [0.1, 0.15) is 30.1 Å². The largest absolute Gasteiger partial charge is 0.460 e. The van der Waals surface area contributed by atoms with Crippen LogP contribution in [0.15, 0.2) is 47.6 Å². The minimum absolute atomic E-state index is 0.0191. The number of rotatable bonds is 13. The minimum atomic E-state index is -2.49. The van der Waals surface area contributed by atoms with Crippen LogP contribution >= 0.6 is 0 Å². The second-order valence-electron chi connectivity index (χ2n) is 21.0. The number of nitrogens with one attached hydrogen (secondary N) is 1. The summed E-state index contributed by atoms with van der Waals surface area (Å²) >= 11 is 0. The standard InChI is InChI=1S/C56H88N2O15/c1-35-16-11-10-12-17-36(2)47(70-28-15-19-49(61)57-7)34-43-23-20-40(6)56(67,73-43)53(64)54(65)58-26-14-13-18-44(58)55(66)72-42(24-21-41-22-25-46(71-29-27-59)48(32-41)68-8)33-45(60)37(3)31-39(5)51(63)52(69-9)50(62)38(4)30-35/h10-12,16-17,31,35,37-38,40-44,46-48,51-52,59,63,67H,13-15,18-30,32-34H2,1-9H3,(H,57,61)/b12-10?,16-11+,36-17?,39-31+/t35-,37-,38-,40-,41?,42?,43+,44+,46-,47-,48-,51-,52+,56-/m1/s1. The number of hydrogen-bond acceptors (Lipinski definition) is 15. The summed E-state index contributed by atoms with van der Waals surface area (Å²) in [4.78, 5) is 84.3. The number of carbonyl (C=O) groups excluding carboxylic acids is 6. The van der Waals surface area contributed by atoms with Crippen LogP contribution in [-0.4, -0.2) is 158 Å². The van der Waals surface area contributed by atoms with Crippen molar-refractivity contribution in [2.45, 2.75) is 192 Å². The van der Waals surface area contributed by atoms with Gasteiger partial charge in [-0.1, -0.05) is 64.2 Å². The van der Waals surface area contributed by atoms with Gasteiger partial charge in [-0.25, -0.2) is 4.79 Å². The summed E-state index contributed by atoms with van der Waals surface area (Å²) in [5.41, 5.74) is 1.20. The van der Waals surface area contributed by atoms with Crippen LogP contribution in [0.2, 0.25) is 0 Å². The van der Waals surface area contributed by atoms with Gasteiger partial charge in [0.05, 0.1) is 37.6 Å². The Bertz CT molecular complexity index is 1950. The first kappa shape index (κ1) is 61.6. The topological polar surface area (TPSA) is 234 Å². The number of aliphatic hydroxyl groups is 3. The van der Waals surface area contributed by atoms with Gasteiger partial charge in [-0.15, -0.1) is 0 Å². The van der Waals surface area contributed by atoms with E-state index in [4.69, 9.17) is 28.4 Å². The third-order valence-electron chi connectivity index (χ3n) is 15.3. The summed E-state index contributed by atoms with van der Waals surface area (Å²) < 4.78 is 36.0. The monoisotopic (exact) mass is 1030 g/mol. The molecule has 3 fully saturated rings. The second kappa shape index (κ2) is 30.6. The molecule has 0 spiro atoms. The van der Waals surface area contributed by atoms with E-state index in [-0.39, 0.29) is 93.6 Å². The number of cyclic esters (lactones) is 1. The molecule has 0 aromatic heterocycles. The lowest BCUT2D eigenvalue weighted by Crippen LogP contribution is -2.60. The van der Waals surface area contributed by atoms with Gasteiger partial charge in [-0.05, 0) is 114 Å². The van der Waals surface area contributed by atoms with E-state index in [2.05, 4.69) is 5.32 Å². The maximum atomic E-state index is 14.4. The van der Waals surface area contributed by atoms with Gasteiger partial charge in [-0.3, -0.25) is 24.0 Å². The summed E-state index contributed by atoms with van der Waals surface area (Å²) in [6.07, 6.45) is 12.4. The zero-order valence-corrected chi connectivity index (χ0v) is 45.1. The Kier molecular flexibility index (Phi) is 25.8. The van der Waals surface area contributed by atoms with Gasteiger partial charge in [0, 0.05) is 71.4 Å². The summed E-state index contributed by atoms with van der Waals surface area (Å²) in [5.74, 6) is -8.01. The van der Waals surface area contributed by atoms with Gasteiger partial charge in [0.15, 0.2) is 5.78 Å². The number of ketones is 3. The predicted octanol–water partition coefficient (Wildman–Crippen LogP) is 5.85. The molecule has 4 aliphatic rings. The zero-order chi connectivity index (χ0) is 53.8. The first-order valence-electron chi connectivity index (χ1n) is 26.8. The average Bonchev–Trinajstić information content (AvgIpc) is 3.38. The Morgan fingerprint density at radius 3 is 2.32 bits per heavy atom. The smallest absolute Gasteiger partial charge is 0.329 e. The molecule has 0 aromatic rings. The van der Waals surface area contributed by atoms with Crippen LogP contribution < -0.4 is 5.32 Å². The van der Waals surface area contributed by atoms with Crippen molar-refractivity contribution < 1.29 is 72.5 Å². The fraction of sp³-hybridized carbons (Fsp3) is 0.750. The molecule has 2 amide bonds. The lowest BCUT2D eigenvalue weighted by Gasteiger charge is -2.42. The second-order valence-corrected chi connectivity index (χ2v) is 21.0. The Balaban J connectivity index is 1.69. The lowest BCUT2D eigenvalue weighted by molar-refractivity contribution is -0.266. The van der Waals surface area contributed by atoms with E-state index in [0.717, 1.165) is 12.0 Å². The van der Waals surface area contributed by atoms with Gasteiger partial charge in [0.2, 0.25) is 11.7 Å². The third kappa shape index (κ3) is 18.1. The van der Waals surface area contributed by atoms with Crippen molar-refractivity contribution in [2.75, 3.05) is 47.6 Å². The summed E-state index contributed by atoms with van der Waals surface area (Å²) in [6, 6.07) is -1.17. The lowest BCUT2D eigenvalue weighted by atomic mass is 9.81. The van der Waals surface area contributed by atoms with Crippen molar-refractivity contribution in [3.8, 4) is 0 Å². The first-order valence-corrected chi connectivity index (χ1v) is 26.8. The van der Waals surface area contributed by atoms with Crippen LogP contribution in [-0.2, 0) is 57.2 Å². The van der Waals surface area contributed by atoms with E-state index in [9.17, 15) is 44.1 Å². The molecule has 14 atom stereocenters. The van der Waals surface area contributed by atoms with E-state index in [1.54, 1.807) is 47.9 Å². The number of Topliss-reactive ketones (excluding diaryl/α,β-unsaturated/α-hetero) is 3. The number of ether oxygens (including phenoxy) is 6. The Labute approximate surface area is 433 Å². The van der Waals surface area contributed by atoms with Crippen molar-refractivity contribution >= 4 is 35.1 Å². The number of amides is 2. The Morgan fingerprint density at radius 2 is 1.62 bits per heavy atom. The molecule has 1 saturated carbocycles. The highest BCUT2D eigenvalue weighted by molar-refractivity contribution is 6.39. The number of hydrogen-bond donors (Lipinski definition) is 4. The summed E-state index contributed by atoms with van der Waals surface area (Å²) in [5, 5.41) is 35.6. The summed E-state index contributed by atoms with van der Waals surface area (Å²) in [6.45, 7) is 11.1. The van der Waals surface area contributed by atoms with Crippen LogP contribution in [0.25, 0.3) is 0 Å². The van der Waals surface area contributed by atoms with Crippen molar-refractivity contribution in [2.24, 2.45) is 29.6 Å². The zero-order valence-electron chi connectivity index (χ0n) is 45.1. The predicted molar refractivity (Wildman–Crippen MR) is 274 cm³/mol. The molecule has 2 saturated heterocycles. The molecule has 3 aliphatic heterocycles. The van der Waals surface area contributed by atoms with Crippen molar-refractivity contribution in [3.63, 3.8) is 0 Å². The normalized spacial score (nSPS) is 35.6. The van der Waals surface area contributed by atoms with Crippen molar-refractivity contribution in [3.05, 3.63) is 47.6 Å². The van der Waals surface area contributed by atoms with Crippen LogP contribution in [0, 0.1) is 29.6 Å². The number of carbonyl (C=O) groups is 6. The van der Waals surface area contributed by atoms with Crippen LogP contribution in [0.3, 0.4) is 0 Å². The maximum absolute atomic E-state index is 14.4. The fourth-order valence-electron chi connectivity index (χ4n) is 10.7. The highest BCUT2D eigenvalue weighted by Gasteiger charge is 2.53. The number of fused-ring (bicyclic) bond motifs is 3. The van der Waals surface area contributed by atoms with E-state index in [0.29, 0.717) is 69.8 Å². The molecule has 4 N–H and O–H groups in total. The first-order chi connectivity index (χ1) is 34.8. The van der Waals surface area contributed by atoms with E-state index >= 15 is 0 Å². The molecule has 3 heterocycles. The molecule has 4 rings (SSSR count). The van der Waals surface area contributed by atoms with Crippen molar-refractivity contribution in [1.82, 2.24) is 10.2 Å². The van der Waals surface area contributed by atoms with Crippen LogP contribution in [0.4, 0.5) is 0 Å². The molecular weight excluding hydrogens is 941 g/mol. The Morgan fingerprint density at radius 1 is 0.863 bits per heavy atom. The quantitative estimate of drug-likeness (QED) is 0.0734. The molecule has 2 unspecified atom stereocenters. The van der Waals surface area contributed by atoms with E-state index in [1.165, 1.54) is 12.0 Å². The minimum Gasteiger partial charge on any atom is -0.460 e. The van der Waals surface area contributed by atoms with E-state index < -0.39 is 77.8 Å². The SMILES string of the molecule is CNC(=O)CCCO[C@@H]1C[C@@H]2CC[C@@H](C)[C@@](O)(O2)C(=O)C(=O)N2CCCC[C@H]2C(=O)OC(CCC2CC[C@@H](OCCO)[C@H](OC)C2)CC(=O)[C@H](C)/C=C(\C)[C@@H](O)[C@@H](OC)C(=O)[C@H](C)C[C@H](C)/C=C/C=CC=C1C. The highest BCUT2D eigenvalue weighted by atomic mass is 16.6. The van der Waals surface area contributed by atoms with Gasteiger partial charge in [-0.2, -0.15) is 0 Å². The number of allylic oxidation sites excluding steroid dienone is 6. The van der Waals surface area contributed by atoms with Gasteiger partial charge < -0.3 is 54.0 Å². The molecule has 1 aliphatic carbocycles. The maximum Gasteiger partial charge on any atom is 0.329 e. The highest BCUT2D eigenvalue weighted by Crippen LogP contribution is 2.37. The number of nitrogens with zero attached hydrogens (tertiary/aromatic N) is 1. The number of esters is 1. The molecule has 412 valence electrons. The van der Waals surface area contributed by atoms with Crippen molar-refractivity contribution in [1.29, 1.82) is 0 Å².